The average Bonchev–Trinajstić information content (AvgIpc) is 2.68. The Balaban J connectivity index is 2.45. The Hall–Kier alpha value is -2.29. The molecule has 0 aliphatic heterocycles. The van der Waals surface area contributed by atoms with Crippen molar-refractivity contribution in [3.05, 3.63) is 64.6 Å². The number of aromatic amines is 1. The first-order chi connectivity index (χ1) is 8.27. The molecule has 0 spiro atoms. The number of H-pyrrole nitrogens is 1. The SMILES string of the molecule is Cc1cccc2[nH]c(=O)n(-c3ccccc3)c12. The Morgan fingerprint density at radius 2 is 1.76 bits per heavy atom. The highest BCUT2D eigenvalue weighted by atomic mass is 16.1. The second kappa shape index (κ2) is 3.63. The number of fused-ring (bicyclic) bond motifs is 1. The molecule has 0 atom stereocenters. The van der Waals surface area contributed by atoms with Crippen molar-refractivity contribution in [3.63, 3.8) is 0 Å². The first-order valence-corrected chi connectivity index (χ1v) is 5.53. The first kappa shape index (κ1) is 9.90. The Morgan fingerprint density at radius 1 is 1.00 bits per heavy atom. The van der Waals surface area contributed by atoms with E-state index in [0.29, 0.717) is 0 Å². The van der Waals surface area contributed by atoms with Gasteiger partial charge in [-0.15, -0.1) is 0 Å². The number of hydrogen-bond donors (Lipinski definition) is 1. The summed E-state index contributed by atoms with van der Waals surface area (Å²) >= 11 is 0. The normalized spacial score (nSPS) is 10.9. The lowest BCUT2D eigenvalue weighted by molar-refractivity contribution is 1.01. The molecular weight excluding hydrogens is 212 g/mol. The van der Waals surface area contributed by atoms with E-state index in [2.05, 4.69) is 4.98 Å². The van der Waals surface area contributed by atoms with E-state index >= 15 is 0 Å². The molecule has 0 radical (unpaired) electrons. The summed E-state index contributed by atoms with van der Waals surface area (Å²) in [4.78, 5) is 14.9. The van der Waals surface area contributed by atoms with Crippen molar-refractivity contribution in [2.75, 3.05) is 0 Å². The number of nitrogens with one attached hydrogen (secondary N) is 1. The number of nitrogens with zero attached hydrogens (tertiary/aromatic N) is 1. The Labute approximate surface area is 98.3 Å². The van der Waals surface area contributed by atoms with Crippen LogP contribution in [-0.2, 0) is 0 Å². The van der Waals surface area contributed by atoms with Crippen molar-refractivity contribution in [2.24, 2.45) is 0 Å². The summed E-state index contributed by atoms with van der Waals surface area (Å²) in [5.41, 5.74) is 3.70. The number of aromatic nitrogens is 2. The van der Waals surface area contributed by atoms with Gasteiger partial charge in [0.25, 0.3) is 0 Å². The summed E-state index contributed by atoms with van der Waals surface area (Å²) in [5.74, 6) is 0. The predicted molar refractivity (Wildman–Crippen MR) is 68.6 cm³/mol. The molecule has 84 valence electrons. The van der Waals surface area contributed by atoms with Crippen LogP contribution in [-0.4, -0.2) is 9.55 Å². The summed E-state index contributed by atoms with van der Waals surface area (Å²) < 4.78 is 1.71. The largest absolute Gasteiger partial charge is 0.331 e. The lowest BCUT2D eigenvalue weighted by atomic mass is 10.2. The van der Waals surface area contributed by atoms with Crippen LogP contribution < -0.4 is 5.69 Å². The van der Waals surface area contributed by atoms with Crippen LogP contribution in [0.2, 0.25) is 0 Å². The van der Waals surface area contributed by atoms with Gasteiger partial charge in [0.1, 0.15) is 0 Å². The minimum absolute atomic E-state index is 0.0968. The number of imidazole rings is 1. The van der Waals surface area contributed by atoms with Crippen LogP contribution >= 0.6 is 0 Å². The second-order valence-electron chi connectivity index (χ2n) is 4.07. The molecule has 0 fully saturated rings. The maximum absolute atomic E-state index is 12.0. The van der Waals surface area contributed by atoms with Crippen LogP contribution in [0, 0.1) is 6.92 Å². The molecule has 3 rings (SSSR count). The zero-order valence-corrected chi connectivity index (χ0v) is 9.47. The zero-order chi connectivity index (χ0) is 11.8. The number of para-hydroxylation sites is 2. The number of aryl methyl sites for hydroxylation is 1. The predicted octanol–water partition coefficient (Wildman–Crippen LogP) is 2.63. The van der Waals surface area contributed by atoms with Gasteiger partial charge in [0.05, 0.1) is 16.7 Å². The van der Waals surface area contributed by atoms with Crippen molar-refractivity contribution in [1.29, 1.82) is 0 Å². The smallest absolute Gasteiger partial charge is 0.305 e. The molecule has 3 nitrogen and oxygen atoms in total. The van der Waals surface area contributed by atoms with Crippen LogP contribution in [0.5, 0.6) is 0 Å². The van der Waals surface area contributed by atoms with Crippen molar-refractivity contribution >= 4 is 11.0 Å². The maximum Gasteiger partial charge on any atom is 0.331 e. The number of rotatable bonds is 1. The molecule has 17 heavy (non-hydrogen) atoms. The van der Waals surface area contributed by atoms with E-state index in [-0.39, 0.29) is 5.69 Å². The fraction of sp³-hybridized carbons (Fsp3) is 0.0714. The van der Waals surface area contributed by atoms with Crippen molar-refractivity contribution in [2.45, 2.75) is 6.92 Å². The third kappa shape index (κ3) is 1.47. The van der Waals surface area contributed by atoms with E-state index < -0.39 is 0 Å². The zero-order valence-electron chi connectivity index (χ0n) is 9.47. The Morgan fingerprint density at radius 3 is 2.53 bits per heavy atom. The molecule has 0 amide bonds. The minimum Gasteiger partial charge on any atom is -0.305 e. The van der Waals surface area contributed by atoms with E-state index in [0.717, 1.165) is 22.3 Å². The topological polar surface area (TPSA) is 37.8 Å². The van der Waals surface area contributed by atoms with Gasteiger partial charge in [0, 0.05) is 0 Å². The second-order valence-corrected chi connectivity index (χ2v) is 4.07. The summed E-state index contributed by atoms with van der Waals surface area (Å²) in [7, 11) is 0. The molecule has 0 unspecified atom stereocenters. The van der Waals surface area contributed by atoms with Gasteiger partial charge in [-0.2, -0.15) is 0 Å². The molecule has 0 aliphatic rings. The lowest BCUT2D eigenvalue weighted by Gasteiger charge is -2.04. The van der Waals surface area contributed by atoms with Crippen LogP contribution in [0.25, 0.3) is 16.7 Å². The Bertz CT molecular complexity index is 723. The van der Waals surface area contributed by atoms with Gasteiger partial charge in [-0.1, -0.05) is 30.3 Å². The van der Waals surface area contributed by atoms with Crippen LogP contribution in [0.4, 0.5) is 0 Å². The van der Waals surface area contributed by atoms with E-state index in [9.17, 15) is 4.79 Å². The Kier molecular flexibility index (Phi) is 2.11. The third-order valence-corrected chi connectivity index (χ3v) is 2.92. The quantitative estimate of drug-likeness (QED) is 0.678. The minimum atomic E-state index is -0.0968. The van der Waals surface area contributed by atoms with Gasteiger partial charge in [-0.3, -0.25) is 4.57 Å². The molecule has 0 saturated carbocycles. The van der Waals surface area contributed by atoms with Gasteiger partial charge in [-0.05, 0) is 30.7 Å². The molecule has 1 N–H and O–H groups in total. The summed E-state index contributed by atoms with van der Waals surface area (Å²) in [5, 5.41) is 0. The molecule has 1 aromatic heterocycles. The number of hydrogen-bond acceptors (Lipinski definition) is 1. The lowest BCUT2D eigenvalue weighted by Crippen LogP contribution is -2.14. The van der Waals surface area contributed by atoms with Crippen LogP contribution in [0.1, 0.15) is 5.56 Å². The molecule has 3 aromatic rings. The van der Waals surface area contributed by atoms with Crippen molar-refractivity contribution in [3.8, 4) is 5.69 Å². The highest BCUT2D eigenvalue weighted by Crippen LogP contribution is 2.18. The van der Waals surface area contributed by atoms with Crippen molar-refractivity contribution < 1.29 is 0 Å². The fourth-order valence-electron chi connectivity index (χ4n) is 2.15. The van der Waals surface area contributed by atoms with Gasteiger partial charge >= 0.3 is 5.69 Å². The van der Waals surface area contributed by atoms with E-state index in [1.165, 1.54) is 0 Å². The molecular formula is C14H12N2O. The molecule has 0 saturated heterocycles. The van der Waals surface area contributed by atoms with Gasteiger partial charge in [-0.25, -0.2) is 4.79 Å². The van der Waals surface area contributed by atoms with Crippen LogP contribution in [0.3, 0.4) is 0 Å². The van der Waals surface area contributed by atoms with Gasteiger partial charge in [0.2, 0.25) is 0 Å². The van der Waals surface area contributed by atoms with Gasteiger partial charge in [0.15, 0.2) is 0 Å². The average molecular weight is 224 g/mol. The van der Waals surface area contributed by atoms with E-state index in [1.54, 1.807) is 4.57 Å². The summed E-state index contributed by atoms with van der Waals surface area (Å²) in [6.45, 7) is 2.01. The fourth-order valence-corrected chi connectivity index (χ4v) is 2.15. The first-order valence-electron chi connectivity index (χ1n) is 5.53. The highest BCUT2D eigenvalue weighted by molar-refractivity contribution is 5.80. The van der Waals surface area contributed by atoms with Crippen molar-refractivity contribution in [1.82, 2.24) is 9.55 Å². The monoisotopic (exact) mass is 224 g/mol. The number of benzene rings is 2. The summed E-state index contributed by atoms with van der Waals surface area (Å²) in [6.07, 6.45) is 0. The third-order valence-electron chi connectivity index (χ3n) is 2.92. The highest BCUT2D eigenvalue weighted by Gasteiger charge is 2.09. The van der Waals surface area contributed by atoms with Gasteiger partial charge < -0.3 is 4.98 Å². The molecule has 0 bridgehead atoms. The molecule has 1 heterocycles. The van der Waals surface area contributed by atoms with E-state index in [4.69, 9.17) is 0 Å². The molecule has 2 aromatic carbocycles. The standard InChI is InChI=1S/C14H12N2O/c1-10-6-5-9-12-13(10)16(14(17)15-12)11-7-3-2-4-8-11/h2-9H,1H3,(H,15,17). The van der Waals surface area contributed by atoms with E-state index in [1.807, 2.05) is 55.5 Å². The molecule has 0 aliphatic carbocycles. The molecule has 3 heteroatoms. The summed E-state index contributed by atoms with van der Waals surface area (Å²) in [6, 6.07) is 15.5. The maximum atomic E-state index is 12.0. The van der Waals surface area contributed by atoms with Crippen LogP contribution in [0.15, 0.2) is 53.3 Å².